The third-order valence-electron chi connectivity index (χ3n) is 3.80. The maximum Gasteiger partial charge on any atom is 0.251 e. The average Bonchev–Trinajstić information content (AvgIpc) is 2.91. The van der Waals surface area contributed by atoms with Gasteiger partial charge in [-0.1, -0.05) is 30.3 Å². The van der Waals surface area contributed by atoms with E-state index in [0.717, 1.165) is 30.4 Å². The summed E-state index contributed by atoms with van der Waals surface area (Å²) in [4.78, 5) is 12.0. The Kier molecular flexibility index (Phi) is 3.22. The van der Waals surface area contributed by atoms with Crippen molar-refractivity contribution in [2.24, 2.45) is 0 Å². The van der Waals surface area contributed by atoms with E-state index in [2.05, 4.69) is 0 Å². The number of aryl methyl sites for hydroxylation is 1. The highest BCUT2D eigenvalue weighted by Gasteiger charge is 2.15. The minimum absolute atomic E-state index is 0.0565. The highest BCUT2D eigenvalue weighted by Crippen LogP contribution is 2.20. The fourth-order valence-corrected chi connectivity index (χ4v) is 2.74. The van der Waals surface area contributed by atoms with Crippen LogP contribution in [-0.4, -0.2) is 9.67 Å². The molecule has 1 aliphatic rings. The summed E-state index contributed by atoms with van der Waals surface area (Å²) in [6, 6.07) is 11.4. The van der Waals surface area contributed by atoms with Gasteiger partial charge < -0.3 is 9.67 Å². The molecule has 0 saturated carbocycles. The zero-order valence-electron chi connectivity index (χ0n) is 10.8. The number of nitrogens with zero attached hydrogens (tertiary/aromatic N) is 1. The Balaban J connectivity index is 1.94. The van der Waals surface area contributed by atoms with Crippen molar-refractivity contribution in [3.63, 3.8) is 0 Å². The molecular weight excluding hydrogens is 238 g/mol. The van der Waals surface area contributed by atoms with Gasteiger partial charge in [0.15, 0.2) is 0 Å². The second-order valence-corrected chi connectivity index (χ2v) is 5.06. The molecule has 19 heavy (non-hydrogen) atoms. The zero-order chi connectivity index (χ0) is 13.2. The second-order valence-electron chi connectivity index (χ2n) is 5.06. The minimum atomic E-state index is 0.0565. The summed E-state index contributed by atoms with van der Waals surface area (Å²) in [6.45, 7) is 0.675. The smallest absolute Gasteiger partial charge is 0.251 e. The van der Waals surface area contributed by atoms with Crippen LogP contribution >= 0.6 is 0 Å². The molecule has 0 atom stereocenters. The molecule has 1 aliphatic carbocycles. The van der Waals surface area contributed by atoms with Crippen molar-refractivity contribution in [1.82, 2.24) is 4.57 Å². The van der Waals surface area contributed by atoms with Crippen molar-refractivity contribution >= 4 is 0 Å². The number of pyridine rings is 1. The lowest BCUT2D eigenvalue weighted by Crippen LogP contribution is -2.23. The molecule has 1 N–H and O–H groups in total. The number of aliphatic hydroxyl groups excluding tert-OH is 1. The zero-order valence-corrected chi connectivity index (χ0v) is 10.8. The summed E-state index contributed by atoms with van der Waals surface area (Å²) in [5.41, 5.74) is 4.58. The first-order chi connectivity index (χ1) is 9.28. The number of hydrogen-bond acceptors (Lipinski definition) is 2. The van der Waals surface area contributed by atoms with E-state index in [9.17, 15) is 4.79 Å². The molecule has 0 aliphatic heterocycles. The molecule has 2 aromatic rings. The molecule has 0 spiro atoms. The lowest BCUT2D eigenvalue weighted by Gasteiger charge is -2.12. The van der Waals surface area contributed by atoms with Gasteiger partial charge in [-0.25, -0.2) is 0 Å². The lowest BCUT2D eigenvalue weighted by molar-refractivity contribution is 0.282. The Morgan fingerprint density at radius 1 is 1.00 bits per heavy atom. The molecule has 0 fully saturated rings. The van der Waals surface area contributed by atoms with Crippen LogP contribution in [0.4, 0.5) is 0 Å². The van der Waals surface area contributed by atoms with Crippen molar-refractivity contribution in [2.75, 3.05) is 0 Å². The maximum absolute atomic E-state index is 12.0. The standard InChI is InChI=1S/C16H17NO2/c18-11-13-6-4-12(5-7-13)10-17-15-3-1-2-14(15)8-9-16(17)19/h4-9,18H,1-3,10-11H2. The normalized spacial score (nSPS) is 13.5. The van der Waals surface area contributed by atoms with Crippen LogP contribution in [-0.2, 0) is 26.0 Å². The summed E-state index contributed by atoms with van der Waals surface area (Å²) >= 11 is 0. The Morgan fingerprint density at radius 2 is 1.74 bits per heavy atom. The van der Waals surface area contributed by atoms with E-state index in [1.807, 2.05) is 34.9 Å². The molecule has 0 radical (unpaired) electrons. The SMILES string of the molecule is O=c1ccc2c(n1Cc1ccc(CO)cc1)CCC2. The largest absolute Gasteiger partial charge is 0.392 e. The molecule has 1 aromatic heterocycles. The van der Waals surface area contributed by atoms with Crippen LogP contribution in [0.15, 0.2) is 41.2 Å². The molecular formula is C16H17NO2. The molecule has 1 aromatic carbocycles. The predicted octanol–water partition coefficient (Wildman–Crippen LogP) is 1.88. The highest BCUT2D eigenvalue weighted by atomic mass is 16.3. The van der Waals surface area contributed by atoms with Gasteiger partial charge in [0.25, 0.3) is 5.56 Å². The average molecular weight is 255 g/mol. The fourth-order valence-electron chi connectivity index (χ4n) is 2.74. The highest BCUT2D eigenvalue weighted by molar-refractivity contribution is 5.28. The molecule has 98 valence electrons. The number of fused-ring (bicyclic) bond motifs is 1. The van der Waals surface area contributed by atoms with Crippen molar-refractivity contribution in [3.8, 4) is 0 Å². The van der Waals surface area contributed by atoms with Crippen molar-refractivity contribution in [2.45, 2.75) is 32.4 Å². The van der Waals surface area contributed by atoms with E-state index in [1.54, 1.807) is 6.07 Å². The van der Waals surface area contributed by atoms with Crippen LogP contribution in [0.25, 0.3) is 0 Å². The quantitative estimate of drug-likeness (QED) is 0.910. The third kappa shape index (κ3) is 2.34. The third-order valence-corrected chi connectivity index (χ3v) is 3.80. The molecule has 3 nitrogen and oxygen atoms in total. The van der Waals surface area contributed by atoms with E-state index in [-0.39, 0.29) is 12.2 Å². The second kappa shape index (κ2) is 5.02. The van der Waals surface area contributed by atoms with E-state index in [4.69, 9.17) is 5.11 Å². The molecule has 0 amide bonds. The Morgan fingerprint density at radius 3 is 2.47 bits per heavy atom. The Hall–Kier alpha value is -1.87. The number of hydrogen-bond donors (Lipinski definition) is 1. The van der Waals surface area contributed by atoms with Crippen molar-refractivity contribution in [3.05, 3.63) is 69.1 Å². The van der Waals surface area contributed by atoms with Gasteiger partial charge in [-0.3, -0.25) is 4.79 Å². The van der Waals surface area contributed by atoms with E-state index >= 15 is 0 Å². The number of rotatable bonds is 3. The van der Waals surface area contributed by atoms with Crippen LogP contribution in [0.1, 0.15) is 28.8 Å². The molecule has 1 heterocycles. The summed E-state index contributed by atoms with van der Waals surface area (Å²) in [5, 5.41) is 9.03. The van der Waals surface area contributed by atoms with Crippen LogP contribution in [0.3, 0.4) is 0 Å². The number of benzene rings is 1. The maximum atomic E-state index is 12.0. The van der Waals surface area contributed by atoms with Gasteiger partial charge in [-0.2, -0.15) is 0 Å². The van der Waals surface area contributed by atoms with E-state index in [0.29, 0.717) is 6.54 Å². The summed E-state index contributed by atoms with van der Waals surface area (Å²) in [6.07, 6.45) is 3.22. The lowest BCUT2D eigenvalue weighted by atomic mass is 10.1. The molecule has 3 heteroatoms. The topological polar surface area (TPSA) is 42.2 Å². The van der Waals surface area contributed by atoms with Crippen LogP contribution in [0, 0.1) is 0 Å². The number of aromatic nitrogens is 1. The summed E-state index contributed by atoms with van der Waals surface area (Å²) < 4.78 is 1.89. The first-order valence-electron chi connectivity index (χ1n) is 6.68. The molecule has 0 unspecified atom stereocenters. The van der Waals surface area contributed by atoms with Crippen molar-refractivity contribution < 1.29 is 5.11 Å². The van der Waals surface area contributed by atoms with Gasteiger partial charge in [0, 0.05) is 11.8 Å². The van der Waals surface area contributed by atoms with Crippen LogP contribution < -0.4 is 5.56 Å². The van der Waals surface area contributed by atoms with Crippen LogP contribution in [0.2, 0.25) is 0 Å². The van der Waals surface area contributed by atoms with Gasteiger partial charge >= 0.3 is 0 Å². The minimum Gasteiger partial charge on any atom is -0.392 e. The van der Waals surface area contributed by atoms with E-state index in [1.165, 1.54) is 11.3 Å². The van der Waals surface area contributed by atoms with E-state index < -0.39 is 0 Å². The predicted molar refractivity (Wildman–Crippen MR) is 74.2 cm³/mol. The van der Waals surface area contributed by atoms with Gasteiger partial charge in [0.05, 0.1) is 13.2 Å². The number of aliphatic hydroxyl groups is 1. The summed E-state index contributed by atoms with van der Waals surface area (Å²) in [5.74, 6) is 0. The fraction of sp³-hybridized carbons (Fsp3) is 0.312. The monoisotopic (exact) mass is 255 g/mol. The molecule has 0 saturated heterocycles. The van der Waals surface area contributed by atoms with Gasteiger partial charge in [0.2, 0.25) is 0 Å². The van der Waals surface area contributed by atoms with Gasteiger partial charge in [-0.15, -0.1) is 0 Å². The van der Waals surface area contributed by atoms with Gasteiger partial charge in [0.1, 0.15) is 0 Å². The Bertz CT molecular complexity index is 641. The Labute approximate surface area is 112 Å². The first kappa shape index (κ1) is 12.2. The molecule has 3 rings (SSSR count). The van der Waals surface area contributed by atoms with Crippen molar-refractivity contribution in [1.29, 1.82) is 0 Å². The van der Waals surface area contributed by atoms with Gasteiger partial charge in [-0.05, 0) is 36.0 Å². The first-order valence-corrected chi connectivity index (χ1v) is 6.68. The van der Waals surface area contributed by atoms with Crippen LogP contribution in [0.5, 0.6) is 0 Å². The summed E-state index contributed by atoms with van der Waals surface area (Å²) in [7, 11) is 0. The molecule has 0 bridgehead atoms.